The van der Waals surface area contributed by atoms with E-state index in [2.05, 4.69) is 39.9 Å². The highest BCUT2D eigenvalue weighted by Gasteiger charge is 2.61. The van der Waals surface area contributed by atoms with Gasteiger partial charge in [-0.15, -0.1) is 0 Å². The van der Waals surface area contributed by atoms with Crippen molar-refractivity contribution in [1.82, 2.24) is 10.2 Å². The Morgan fingerprint density at radius 1 is 1.10 bits per heavy atom. The smallest absolute Gasteiger partial charge is 0.256 e. The molecule has 0 atom stereocenters. The first-order valence-electron chi connectivity index (χ1n) is 8.25. The van der Waals surface area contributed by atoms with Crippen molar-refractivity contribution in [2.45, 2.75) is 96.6 Å². The molecule has 0 unspecified atom stereocenters. The predicted molar refractivity (Wildman–Crippen MR) is 85.0 cm³/mol. The number of rotatable bonds is 3. The molecule has 0 aromatic carbocycles. The van der Waals surface area contributed by atoms with Gasteiger partial charge in [-0.2, -0.15) is 0 Å². The van der Waals surface area contributed by atoms with E-state index in [9.17, 15) is 4.79 Å². The summed E-state index contributed by atoms with van der Waals surface area (Å²) in [5.41, 5.74) is -1.27. The molecule has 2 aliphatic heterocycles. The highest BCUT2D eigenvalue weighted by atomic mass is 16.6. The lowest BCUT2D eigenvalue weighted by Crippen LogP contribution is -2.67. The van der Waals surface area contributed by atoms with Crippen LogP contribution in [0.2, 0.25) is 0 Å². The van der Waals surface area contributed by atoms with E-state index in [1.54, 1.807) is 0 Å². The van der Waals surface area contributed by atoms with E-state index in [-0.39, 0.29) is 17.0 Å². The Hall–Kier alpha value is -0.610. The van der Waals surface area contributed by atoms with E-state index in [0.29, 0.717) is 0 Å². The van der Waals surface area contributed by atoms with Crippen LogP contribution in [0.4, 0.5) is 0 Å². The van der Waals surface area contributed by atoms with Gasteiger partial charge >= 0.3 is 0 Å². The van der Waals surface area contributed by atoms with Crippen LogP contribution in [0, 0.1) is 0 Å². The zero-order valence-corrected chi connectivity index (χ0v) is 14.8. The molecular formula is C17H32N2O2. The molecule has 1 amide bonds. The van der Waals surface area contributed by atoms with E-state index in [1.807, 2.05) is 18.7 Å². The Morgan fingerprint density at radius 3 is 2.10 bits per heavy atom. The Balaban J connectivity index is 2.39. The summed E-state index contributed by atoms with van der Waals surface area (Å²) in [7, 11) is 0. The first kappa shape index (κ1) is 16.8. The second-order valence-corrected chi connectivity index (χ2v) is 8.62. The topological polar surface area (TPSA) is 41.6 Å². The molecule has 2 rings (SSSR count). The van der Waals surface area contributed by atoms with Crippen LogP contribution in [0.3, 0.4) is 0 Å². The van der Waals surface area contributed by atoms with Crippen LogP contribution in [0.1, 0.15) is 74.1 Å². The monoisotopic (exact) mass is 296 g/mol. The normalized spacial score (nSPS) is 29.1. The molecule has 4 nitrogen and oxygen atoms in total. The molecule has 2 aliphatic rings. The maximum absolute atomic E-state index is 12.8. The molecule has 0 radical (unpaired) electrons. The van der Waals surface area contributed by atoms with Gasteiger partial charge < -0.3 is 15.0 Å². The summed E-state index contributed by atoms with van der Waals surface area (Å²) in [6, 6.07) is 0. The molecule has 1 spiro atoms. The summed E-state index contributed by atoms with van der Waals surface area (Å²) in [5, 5.41) is 3.68. The van der Waals surface area contributed by atoms with Gasteiger partial charge in [-0.1, -0.05) is 13.3 Å². The molecule has 0 saturated carbocycles. The minimum absolute atomic E-state index is 0.0487. The molecule has 0 aromatic rings. The van der Waals surface area contributed by atoms with Gasteiger partial charge in [0.1, 0.15) is 11.3 Å². The summed E-state index contributed by atoms with van der Waals surface area (Å²) < 4.78 is 6.41. The summed E-state index contributed by atoms with van der Waals surface area (Å²) in [6.45, 7) is 15.6. The van der Waals surface area contributed by atoms with Gasteiger partial charge in [0.05, 0.1) is 0 Å². The minimum atomic E-state index is -0.711. The van der Waals surface area contributed by atoms with Gasteiger partial charge in [-0.05, 0) is 48.0 Å². The fourth-order valence-electron chi connectivity index (χ4n) is 4.42. The maximum Gasteiger partial charge on any atom is 0.256 e. The second kappa shape index (κ2) is 4.95. The van der Waals surface area contributed by atoms with Gasteiger partial charge in [-0.25, -0.2) is 0 Å². The van der Waals surface area contributed by atoms with Gasteiger partial charge in [0, 0.05) is 30.5 Å². The van der Waals surface area contributed by atoms with Crippen molar-refractivity contribution in [2.24, 2.45) is 0 Å². The summed E-state index contributed by atoms with van der Waals surface area (Å²) in [4.78, 5) is 14.8. The van der Waals surface area contributed by atoms with Crippen molar-refractivity contribution in [3.8, 4) is 0 Å². The molecule has 0 aromatic heterocycles. The van der Waals surface area contributed by atoms with Crippen molar-refractivity contribution >= 4 is 5.91 Å². The third-order valence-electron chi connectivity index (χ3n) is 4.55. The van der Waals surface area contributed by atoms with Gasteiger partial charge in [0.25, 0.3) is 5.91 Å². The minimum Gasteiger partial charge on any atom is -0.340 e. The van der Waals surface area contributed by atoms with Crippen LogP contribution in [0.15, 0.2) is 0 Å². The number of hydrogen-bond acceptors (Lipinski definition) is 3. The highest BCUT2D eigenvalue weighted by Crippen LogP contribution is 2.47. The largest absolute Gasteiger partial charge is 0.340 e. The Kier molecular flexibility index (Phi) is 3.95. The van der Waals surface area contributed by atoms with Crippen molar-refractivity contribution < 1.29 is 9.53 Å². The Morgan fingerprint density at radius 2 is 1.62 bits per heavy atom. The van der Waals surface area contributed by atoms with Crippen LogP contribution in [0.5, 0.6) is 0 Å². The van der Waals surface area contributed by atoms with Crippen LogP contribution >= 0.6 is 0 Å². The zero-order chi connectivity index (χ0) is 16.1. The number of amides is 1. The molecule has 4 heteroatoms. The number of piperidine rings is 1. The average molecular weight is 296 g/mol. The van der Waals surface area contributed by atoms with E-state index in [4.69, 9.17) is 4.74 Å². The number of hydrogen-bond donors (Lipinski definition) is 1. The lowest BCUT2D eigenvalue weighted by molar-refractivity contribution is -0.177. The van der Waals surface area contributed by atoms with E-state index in [0.717, 1.165) is 32.2 Å². The first-order chi connectivity index (χ1) is 9.43. The highest BCUT2D eigenvalue weighted by molar-refractivity contribution is 5.87. The molecule has 2 fully saturated rings. The van der Waals surface area contributed by atoms with Gasteiger partial charge in [0.2, 0.25) is 0 Å². The number of nitrogens with zero attached hydrogens (tertiary/aromatic N) is 1. The standard InChI is InChI=1S/C17H32N2O2/c1-8-9-10-19-13(20)16(6,7)21-17(19)11-14(2,3)18-15(4,5)12-17/h18H,8-12H2,1-7H3. The third-order valence-corrected chi connectivity index (χ3v) is 4.55. The molecule has 2 heterocycles. The second-order valence-electron chi connectivity index (χ2n) is 8.62. The van der Waals surface area contributed by atoms with Gasteiger partial charge in [0.15, 0.2) is 0 Å². The van der Waals surface area contributed by atoms with Crippen molar-refractivity contribution in [1.29, 1.82) is 0 Å². The summed E-state index contributed by atoms with van der Waals surface area (Å²) in [5.74, 6) is 0.143. The molecule has 1 N–H and O–H groups in total. The molecule has 122 valence electrons. The number of unbranched alkanes of at least 4 members (excludes halogenated alkanes) is 1. The van der Waals surface area contributed by atoms with Crippen LogP contribution in [-0.4, -0.2) is 39.8 Å². The molecule has 21 heavy (non-hydrogen) atoms. The number of nitrogens with one attached hydrogen (secondary N) is 1. The van der Waals surface area contributed by atoms with E-state index >= 15 is 0 Å². The van der Waals surface area contributed by atoms with Crippen LogP contribution in [0.25, 0.3) is 0 Å². The SMILES string of the molecule is CCCCN1C(=O)C(C)(C)OC12CC(C)(C)NC(C)(C)C2. The first-order valence-corrected chi connectivity index (χ1v) is 8.25. The predicted octanol–water partition coefficient (Wildman–Crippen LogP) is 3.06. The Bertz CT molecular complexity index is 411. The molecule has 0 bridgehead atoms. The zero-order valence-electron chi connectivity index (χ0n) is 14.8. The third kappa shape index (κ3) is 3.11. The van der Waals surface area contributed by atoms with Gasteiger partial charge in [-0.3, -0.25) is 4.79 Å². The maximum atomic E-state index is 12.8. The van der Waals surface area contributed by atoms with Crippen LogP contribution < -0.4 is 5.32 Å². The summed E-state index contributed by atoms with van der Waals surface area (Å²) in [6.07, 6.45) is 3.79. The fraction of sp³-hybridized carbons (Fsp3) is 0.941. The Labute approximate surface area is 129 Å². The molecule has 0 aliphatic carbocycles. The van der Waals surface area contributed by atoms with Crippen molar-refractivity contribution in [2.75, 3.05) is 6.54 Å². The number of ether oxygens (including phenoxy) is 1. The molecule has 2 saturated heterocycles. The number of carbonyl (C=O) groups is 1. The molecular weight excluding hydrogens is 264 g/mol. The van der Waals surface area contributed by atoms with Crippen molar-refractivity contribution in [3.05, 3.63) is 0 Å². The average Bonchev–Trinajstić information content (AvgIpc) is 2.39. The lowest BCUT2D eigenvalue weighted by Gasteiger charge is -2.53. The van der Waals surface area contributed by atoms with E-state index < -0.39 is 11.3 Å². The fourth-order valence-corrected chi connectivity index (χ4v) is 4.42. The van der Waals surface area contributed by atoms with Crippen molar-refractivity contribution in [3.63, 3.8) is 0 Å². The van der Waals surface area contributed by atoms with Crippen LogP contribution in [-0.2, 0) is 9.53 Å². The van der Waals surface area contributed by atoms with E-state index in [1.165, 1.54) is 0 Å². The summed E-state index contributed by atoms with van der Waals surface area (Å²) >= 11 is 0. The lowest BCUT2D eigenvalue weighted by atomic mass is 9.76. The number of carbonyl (C=O) groups excluding carboxylic acids is 1. The quantitative estimate of drug-likeness (QED) is 0.870.